The number of para-hydroxylation sites is 1. The lowest BCUT2D eigenvalue weighted by atomic mass is 10.0. The number of anilines is 2. The molecule has 5 rings (SSSR count). The van der Waals surface area contributed by atoms with Crippen LogP contribution in [-0.2, 0) is 6.54 Å². The van der Waals surface area contributed by atoms with E-state index in [1.54, 1.807) is 12.3 Å². The summed E-state index contributed by atoms with van der Waals surface area (Å²) < 4.78 is 5.90. The van der Waals surface area contributed by atoms with Crippen LogP contribution in [0.3, 0.4) is 0 Å². The van der Waals surface area contributed by atoms with E-state index in [0.29, 0.717) is 5.69 Å². The number of likely N-dealkylation sites (tertiary alicyclic amines) is 1. The fraction of sp³-hybridized carbons (Fsp3) is 0.200. The number of hydrogen-bond acceptors (Lipinski definition) is 5. The van der Waals surface area contributed by atoms with E-state index >= 15 is 0 Å². The van der Waals surface area contributed by atoms with Crippen LogP contribution in [0.1, 0.15) is 28.9 Å². The molecule has 6 heteroatoms. The van der Waals surface area contributed by atoms with E-state index in [1.807, 2.05) is 66.7 Å². The summed E-state index contributed by atoms with van der Waals surface area (Å²) in [6.45, 7) is 2.91. The fourth-order valence-electron chi connectivity index (χ4n) is 4.37. The molecule has 1 fully saturated rings. The van der Waals surface area contributed by atoms with Crippen molar-refractivity contribution in [2.24, 2.45) is 0 Å². The molecular formula is C30H30N4O2. The molecule has 1 amide bonds. The third-order valence-electron chi connectivity index (χ3n) is 6.27. The van der Waals surface area contributed by atoms with Gasteiger partial charge in [-0.2, -0.15) is 0 Å². The van der Waals surface area contributed by atoms with Crippen LogP contribution in [0.15, 0.2) is 103 Å². The van der Waals surface area contributed by atoms with Gasteiger partial charge in [-0.15, -0.1) is 0 Å². The first-order chi connectivity index (χ1) is 17.7. The van der Waals surface area contributed by atoms with Gasteiger partial charge in [0.1, 0.15) is 17.2 Å². The highest BCUT2D eigenvalue weighted by molar-refractivity contribution is 5.92. The Labute approximate surface area is 212 Å². The minimum atomic E-state index is -0.124. The van der Waals surface area contributed by atoms with Gasteiger partial charge in [0.05, 0.1) is 11.9 Å². The number of hydrogen-bond donors (Lipinski definition) is 2. The van der Waals surface area contributed by atoms with E-state index in [2.05, 4.69) is 44.8 Å². The first-order valence-electron chi connectivity index (χ1n) is 12.3. The van der Waals surface area contributed by atoms with Crippen LogP contribution in [0, 0.1) is 0 Å². The Kier molecular flexibility index (Phi) is 7.54. The molecule has 182 valence electrons. The number of aromatic nitrogens is 1. The van der Waals surface area contributed by atoms with E-state index in [0.717, 1.165) is 55.3 Å². The van der Waals surface area contributed by atoms with Crippen molar-refractivity contribution in [1.82, 2.24) is 15.2 Å². The zero-order valence-electron chi connectivity index (χ0n) is 20.1. The summed E-state index contributed by atoms with van der Waals surface area (Å²) in [5.41, 5.74) is 3.43. The summed E-state index contributed by atoms with van der Waals surface area (Å²) in [5.74, 6) is 1.40. The number of nitrogens with zero attached hydrogens (tertiary/aromatic N) is 2. The number of benzene rings is 3. The molecular weight excluding hydrogens is 448 g/mol. The Morgan fingerprint density at radius 3 is 2.28 bits per heavy atom. The molecule has 1 aliphatic heterocycles. The molecule has 0 bridgehead atoms. The average molecular weight is 479 g/mol. The van der Waals surface area contributed by atoms with Crippen molar-refractivity contribution in [3.63, 3.8) is 0 Å². The molecule has 2 N–H and O–H groups in total. The Bertz CT molecular complexity index is 1260. The van der Waals surface area contributed by atoms with E-state index < -0.39 is 0 Å². The number of carbonyl (C=O) groups is 1. The molecule has 3 aromatic carbocycles. The summed E-state index contributed by atoms with van der Waals surface area (Å²) in [6.07, 6.45) is 3.57. The second kappa shape index (κ2) is 11.5. The van der Waals surface area contributed by atoms with Gasteiger partial charge in [0.15, 0.2) is 0 Å². The van der Waals surface area contributed by atoms with Crippen LogP contribution in [0.5, 0.6) is 11.5 Å². The number of carbonyl (C=O) groups excluding carboxylic acids is 1. The topological polar surface area (TPSA) is 66.5 Å². The van der Waals surface area contributed by atoms with Gasteiger partial charge < -0.3 is 15.4 Å². The average Bonchev–Trinajstić information content (AvgIpc) is 2.92. The SMILES string of the molecule is O=C(NC1CCN(Cc2ccccc2)CC1)c1ccc(Nc2cccc(Oc3ccccc3)c2)cn1. The van der Waals surface area contributed by atoms with E-state index in [4.69, 9.17) is 4.74 Å². The summed E-state index contributed by atoms with van der Waals surface area (Å²) >= 11 is 0. The Hall–Kier alpha value is -4.16. The molecule has 36 heavy (non-hydrogen) atoms. The fourth-order valence-corrected chi connectivity index (χ4v) is 4.37. The maximum absolute atomic E-state index is 12.7. The molecule has 1 aliphatic rings. The van der Waals surface area contributed by atoms with Crippen LogP contribution in [0.4, 0.5) is 11.4 Å². The molecule has 1 aromatic heterocycles. The number of amides is 1. The molecule has 4 aromatic rings. The second-order valence-corrected chi connectivity index (χ2v) is 9.01. The third kappa shape index (κ3) is 6.49. The first kappa shape index (κ1) is 23.6. The first-order valence-corrected chi connectivity index (χ1v) is 12.3. The van der Waals surface area contributed by atoms with Gasteiger partial charge >= 0.3 is 0 Å². The highest BCUT2D eigenvalue weighted by Crippen LogP contribution is 2.25. The van der Waals surface area contributed by atoms with Crippen molar-refractivity contribution < 1.29 is 9.53 Å². The number of ether oxygens (including phenoxy) is 1. The molecule has 6 nitrogen and oxygen atoms in total. The Morgan fingerprint density at radius 1 is 0.833 bits per heavy atom. The predicted octanol–water partition coefficient (Wildman–Crippen LogP) is 6.01. The normalized spacial score (nSPS) is 14.2. The highest BCUT2D eigenvalue weighted by Gasteiger charge is 2.21. The predicted molar refractivity (Wildman–Crippen MR) is 143 cm³/mol. The van der Waals surface area contributed by atoms with E-state index in [9.17, 15) is 4.79 Å². The monoisotopic (exact) mass is 478 g/mol. The lowest BCUT2D eigenvalue weighted by Crippen LogP contribution is -2.44. The number of pyridine rings is 1. The number of rotatable bonds is 8. The van der Waals surface area contributed by atoms with Crippen LogP contribution in [-0.4, -0.2) is 34.9 Å². The lowest BCUT2D eigenvalue weighted by Gasteiger charge is -2.32. The molecule has 2 heterocycles. The van der Waals surface area contributed by atoms with Crippen molar-refractivity contribution in [2.45, 2.75) is 25.4 Å². The summed E-state index contributed by atoms with van der Waals surface area (Å²) in [6, 6.07) is 31.7. The Balaban J connectivity index is 1.11. The standard InChI is InChI=1S/C30H30N4O2/c35-30(33-24-16-18-34(19-17-24)22-23-8-3-1-4-9-23)29-15-14-26(21-31-29)32-25-10-7-13-28(20-25)36-27-11-5-2-6-12-27/h1-15,20-21,24,32H,16-19,22H2,(H,33,35). The molecule has 0 saturated carbocycles. The van der Waals surface area contributed by atoms with Crippen molar-refractivity contribution in [3.8, 4) is 11.5 Å². The van der Waals surface area contributed by atoms with Crippen molar-refractivity contribution in [2.75, 3.05) is 18.4 Å². The van der Waals surface area contributed by atoms with Crippen LogP contribution in [0.2, 0.25) is 0 Å². The van der Waals surface area contributed by atoms with Crippen molar-refractivity contribution in [3.05, 3.63) is 115 Å². The van der Waals surface area contributed by atoms with Gasteiger partial charge in [-0.1, -0.05) is 54.6 Å². The van der Waals surface area contributed by atoms with Crippen molar-refractivity contribution >= 4 is 17.3 Å². The number of nitrogens with one attached hydrogen (secondary N) is 2. The van der Waals surface area contributed by atoms with Gasteiger partial charge in [-0.3, -0.25) is 9.69 Å². The Morgan fingerprint density at radius 2 is 1.56 bits per heavy atom. The van der Waals surface area contributed by atoms with E-state index in [-0.39, 0.29) is 11.9 Å². The van der Waals surface area contributed by atoms with E-state index in [1.165, 1.54) is 5.56 Å². The molecule has 0 spiro atoms. The van der Waals surface area contributed by atoms with Crippen LogP contribution >= 0.6 is 0 Å². The van der Waals surface area contributed by atoms with Gasteiger partial charge in [0.25, 0.3) is 5.91 Å². The minimum absolute atomic E-state index is 0.124. The summed E-state index contributed by atoms with van der Waals surface area (Å²) in [5, 5.41) is 6.48. The van der Waals surface area contributed by atoms with Crippen LogP contribution < -0.4 is 15.4 Å². The number of piperidine rings is 1. The van der Waals surface area contributed by atoms with Gasteiger partial charge in [0.2, 0.25) is 0 Å². The molecule has 0 aliphatic carbocycles. The molecule has 0 radical (unpaired) electrons. The lowest BCUT2D eigenvalue weighted by molar-refractivity contribution is 0.0904. The largest absolute Gasteiger partial charge is 0.457 e. The van der Waals surface area contributed by atoms with Gasteiger partial charge in [0, 0.05) is 37.4 Å². The summed E-state index contributed by atoms with van der Waals surface area (Å²) in [7, 11) is 0. The molecule has 1 saturated heterocycles. The van der Waals surface area contributed by atoms with Gasteiger partial charge in [-0.25, -0.2) is 4.98 Å². The zero-order valence-corrected chi connectivity index (χ0v) is 20.1. The molecule has 0 atom stereocenters. The smallest absolute Gasteiger partial charge is 0.270 e. The maximum Gasteiger partial charge on any atom is 0.270 e. The second-order valence-electron chi connectivity index (χ2n) is 9.01. The summed E-state index contributed by atoms with van der Waals surface area (Å²) in [4.78, 5) is 19.6. The van der Waals surface area contributed by atoms with Crippen LogP contribution in [0.25, 0.3) is 0 Å². The molecule has 0 unspecified atom stereocenters. The maximum atomic E-state index is 12.7. The van der Waals surface area contributed by atoms with Gasteiger partial charge in [-0.05, 0) is 54.8 Å². The van der Waals surface area contributed by atoms with Crippen molar-refractivity contribution in [1.29, 1.82) is 0 Å². The highest BCUT2D eigenvalue weighted by atomic mass is 16.5. The quantitative estimate of drug-likeness (QED) is 0.325. The minimum Gasteiger partial charge on any atom is -0.457 e. The zero-order chi connectivity index (χ0) is 24.6. The third-order valence-corrected chi connectivity index (χ3v) is 6.27.